The maximum absolute atomic E-state index is 14.8. The van der Waals surface area contributed by atoms with Crippen molar-refractivity contribution in [2.24, 2.45) is 0 Å². The van der Waals surface area contributed by atoms with E-state index in [-0.39, 0.29) is 11.1 Å². The molecule has 0 spiro atoms. The van der Waals surface area contributed by atoms with Gasteiger partial charge in [0.15, 0.2) is 11.7 Å². The summed E-state index contributed by atoms with van der Waals surface area (Å²) in [5.41, 5.74) is 0.345. The summed E-state index contributed by atoms with van der Waals surface area (Å²) in [6.45, 7) is 6.35. The van der Waals surface area contributed by atoms with Crippen LogP contribution in [0.3, 0.4) is 0 Å². The van der Waals surface area contributed by atoms with Gasteiger partial charge in [0.05, 0.1) is 0 Å². The predicted molar refractivity (Wildman–Crippen MR) is 115 cm³/mol. The van der Waals surface area contributed by atoms with Gasteiger partial charge in [-0.05, 0) is 60.2 Å². The number of halogens is 2. The van der Waals surface area contributed by atoms with Crippen LogP contribution < -0.4 is 9.47 Å². The van der Waals surface area contributed by atoms with Gasteiger partial charge in [-0.25, -0.2) is 8.78 Å². The summed E-state index contributed by atoms with van der Waals surface area (Å²) >= 11 is 0. The van der Waals surface area contributed by atoms with Crippen molar-refractivity contribution in [3.63, 3.8) is 0 Å². The van der Waals surface area contributed by atoms with Crippen LogP contribution in [0.5, 0.6) is 11.5 Å². The van der Waals surface area contributed by atoms with E-state index in [1.807, 2.05) is 31.2 Å². The molecule has 3 aromatic carbocycles. The Morgan fingerprint density at radius 3 is 2.10 bits per heavy atom. The Kier molecular flexibility index (Phi) is 6.80. The normalized spacial score (nSPS) is 12.1. The fourth-order valence-electron chi connectivity index (χ4n) is 2.80. The van der Waals surface area contributed by atoms with Crippen LogP contribution in [-0.2, 0) is 0 Å². The average Bonchev–Trinajstić information content (AvgIpc) is 2.77. The van der Waals surface area contributed by atoms with E-state index in [1.165, 1.54) is 12.1 Å². The zero-order valence-electron chi connectivity index (χ0n) is 16.2. The van der Waals surface area contributed by atoms with Crippen LogP contribution in [0.1, 0.15) is 18.1 Å². The molecule has 0 saturated carbocycles. The molecule has 29 heavy (non-hydrogen) atoms. The second-order valence-electron chi connectivity index (χ2n) is 6.36. The van der Waals surface area contributed by atoms with Gasteiger partial charge in [-0.3, -0.25) is 0 Å². The van der Waals surface area contributed by atoms with Crippen LogP contribution in [-0.4, -0.2) is 13.2 Å². The van der Waals surface area contributed by atoms with Crippen molar-refractivity contribution in [3.05, 3.63) is 96.6 Å². The summed E-state index contributed by atoms with van der Waals surface area (Å²) in [6.07, 6.45) is 5.41. The van der Waals surface area contributed by atoms with Gasteiger partial charge in [0.25, 0.3) is 0 Å². The van der Waals surface area contributed by atoms with Crippen LogP contribution in [0.15, 0.2) is 85.5 Å². The number of allylic oxidation sites excluding steroid dienone is 1. The van der Waals surface area contributed by atoms with E-state index in [0.717, 1.165) is 10.8 Å². The Morgan fingerprint density at radius 1 is 0.793 bits per heavy atom. The van der Waals surface area contributed by atoms with Crippen molar-refractivity contribution in [3.8, 4) is 11.5 Å². The summed E-state index contributed by atoms with van der Waals surface area (Å²) in [5, 5.41) is 1.68. The molecule has 0 bridgehead atoms. The summed E-state index contributed by atoms with van der Waals surface area (Å²) in [7, 11) is 0. The predicted octanol–water partition coefficient (Wildman–Crippen LogP) is 7.12. The van der Waals surface area contributed by atoms with Crippen LogP contribution in [0, 0.1) is 0 Å². The second-order valence-corrected chi connectivity index (χ2v) is 6.36. The van der Waals surface area contributed by atoms with Gasteiger partial charge in [-0.2, -0.15) is 0 Å². The van der Waals surface area contributed by atoms with Crippen LogP contribution in [0.2, 0.25) is 0 Å². The minimum Gasteiger partial charge on any atom is -0.490 e. The Morgan fingerprint density at radius 2 is 1.38 bits per heavy atom. The highest BCUT2D eigenvalue weighted by Gasteiger charge is 2.12. The zero-order chi connectivity index (χ0) is 20.6. The van der Waals surface area contributed by atoms with E-state index >= 15 is 0 Å². The maximum atomic E-state index is 14.8. The second kappa shape index (κ2) is 9.69. The van der Waals surface area contributed by atoms with Gasteiger partial charge in [0.2, 0.25) is 0 Å². The van der Waals surface area contributed by atoms with Gasteiger partial charge >= 0.3 is 0 Å². The molecule has 4 heteroatoms. The fraction of sp³-hybridized carbons (Fsp3) is 0.120. The molecule has 0 fully saturated rings. The van der Waals surface area contributed by atoms with Gasteiger partial charge in [0.1, 0.15) is 24.7 Å². The molecule has 0 aromatic heterocycles. The molecular weight excluding hydrogens is 370 g/mol. The quantitative estimate of drug-likeness (QED) is 0.300. The molecule has 0 heterocycles. The Bertz CT molecular complexity index is 1050. The zero-order valence-corrected chi connectivity index (χ0v) is 16.2. The third kappa shape index (κ3) is 5.11. The lowest BCUT2D eigenvalue weighted by atomic mass is 10.0. The standard InChI is InChI=1S/C25H22F2O2/c1-3-5-15-29-22-11-8-18(9-12-22)24(26)25(27)21-7-6-20-17-23(28-14-4-2)13-10-19(20)16-21/h3-13,16-17H,2,14-15H2,1H3. The molecule has 148 valence electrons. The van der Waals surface area contributed by atoms with Crippen LogP contribution in [0.4, 0.5) is 8.78 Å². The van der Waals surface area contributed by atoms with E-state index in [9.17, 15) is 8.78 Å². The summed E-state index contributed by atoms with van der Waals surface area (Å²) in [4.78, 5) is 0. The third-order valence-corrected chi connectivity index (χ3v) is 4.32. The van der Waals surface area contributed by atoms with E-state index in [4.69, 9.17) is 9.47 Å². The van der Waals surface area contributed by atoms with Crippen molar-refractivity contribution in [1.29, 1.82) is 0 Å². The fourth-order valence-corrected chi connectivity index (χ4v) is 2.80. The molecular formula is C25H22F2O2. The molecule has 0 aliphatic carbocycles. The van der Waals surface area contributed by atoms with Gasteiger partial charge in [-0.1, -0.05) is 43.0 Å². The molecule has 0 radical (unpaired) electrons. The molecule has 0 atom stereocenters. The van der Waals surface area contributed by atoms with Crippen molar-refractivity contribution in [2.75, 3.05) is 13.2 Å². The highest BCUT2D eigenvalue weighted by Crippen LogP contribution is 2.32. The first kappa shape index (κ1) is 20.3. The highest BCUT2D eigenvalue weighted by atomic mass is 19.2. The lowest BCUT2D eigenvalue weighted by Gasteiger charge is -2.08. The van der Waals surface area contributed by atoms with E-state index < -0.39 is 11.7 Å². The Labute approximate surface area is 169 Å². The smallest absolute Gasteiger partial charge is 0.166 e. The average molecular weight is 392 g/mol. The number of fused-ring (bicyclic) bond motifs is 1. The molecule has 0 saturated heterocycles. The lowest BCUT2D eigenvalue weighted by molar-refractivity contribution is 0.362. The van der Waals surface area contributed by atoms with Crippen molar-refractivity contribution >= 4 is 22.4 Å². The maximum Gasteiger partial charge on any atom is 0.166 e. The minimum absolute atomic E-state index is 0.161. The molecule has 0 aliphatic heterocycles. The molecule has 0 aliphatic rings. The molecule has 0 amide bonds. The highest BCUT2D eigenvalue weighted by molar-refractivity contribution is 5.90. The van der Waals surface area contributed by atoms with Crippen molar-refractivity contribution < 1.29 is 18.3 Å². The number of ether oxygens (including phenoxy) is 2. The minimum atomic E-state index is -0.907. The van der Waals surface area contributed by atoms with Gasteiger partial charge < -0.3 is 9.47 Å². The van der Waals surface area contributed by atoms with Gasteiger partial charge in [-0.15, -0.1) is 0 Å². The molecule has 3 aromatic rings. The summed E-state index contributed by atoms with van der Waals surface area (Å²) in [5.74, 6) is -0.513. The van der Waals surface area contributed by atoms with Gasteiger partial charge in [0, 0.05) is 11.1 Å². The number of benzene rings is 3. The Hall–Kier alpha value is -3.40. The van der Waals surface area contributed by atoms with Crippen LogP contribution >= 0.6 is 0 Å². The number of rotatable bonds is 8. The van der Waals surface area contributed by atoms with Crippen LogP contribution in [0.25, 0.3) is 22.4 Å². The van der Waals surface area contributed by atoms with E-state index in [1.54, 1.807) is 42.5 Å². The lowest BCUT2D eigenvalue weighted by Crippen LogP contribution is -1.93. The monoisotopic (exact) mass is 392 g/mol. The Balaban J connectivity index is 1.83. The molecule has 0 N–H and O–H groups in total. The van der Waals surface area contributed by atoms with Crippen molar-refractivity contribution in [1.82, 2.24) is 0 Å². The SMILES string of the molecule is C=CCOc1ccc2cc(C(F)=C(F)c3ccc(OCC=CC)cc3)ccc2c1. The first-order chi connectivity index (χ1) is 14.1. The summed E-state index contributed by atoms with van der Waals surface area (Å²) < 4.78 is 40.4. The first-order valence-corrected chi connectivity index (χ1v) is 9.30. The third-order valence-electron chi connectivity index (χ3n) is 4.32. The largest absolute Gasteiger partial charge is 0.490 e. The topological polar surface area (TPSA) is 18.5 Å². The van der Waals surface area contributed by atoms with E-state index in [0.29, 0.717) is 24.7 Å². The summed E-state index contributed by atoms with van der Waals surface area (Å²) in [6, 6.07) is 16.6. The van der Waals surface area contributed by atoms with E-state index in [2.05, 4.69) is 6.58 Å². The molecule has 0 unspecified atom stereocenters. The van der Waals surface area contributed by atoms with Crippen molar-refractivity contribution in [2.45, 2.75) is 6.92 Å². The number of hydrogen-bond acceptors (Lipinski definition) is 2. The molecule has 3 rings (SSSR count). The first-order valence-electron chi connectivity index (χ1n) is 9.30. The number of hydrogen-bond donors (Lipinski definition) is 0. The molecule has 2 nitrogen and oxygen atoms in total.